The minimum atomic E-state index is 1.09. The monoisotopic (exact) mass is 279 g/mol. The Bertz CT molecular complexity index is 586. The first-order chi connectivity index (χ1) is 10.1. The smallest absolute Gasteiger partial charge is 0.0460 e. The van der Waals surface area contributed by atoms with Crippen LogP contribution >= 0.6 is 0 Å². The molecule has 0 aromatic heterocycles. The minimum absolute atomic E-state index is 1.09. The van der Waals surface area contributed by atoms with Crippen LogP contribution in [0.15, 0.2) is 84.8 Å². The van der Waals surface area contributed by atoms with Crippen molar-refractivity contribution in [2.24, 2.45) is 0 Å². The van der Waals surface area contributed by atoms with E-state index in [0.29, 0.717) is 0 Å². The molecule has 0 spiro atoms. The summed E-state index contributed by atoms with van der Waals surface area (Å²) >= 11 is 0. The van der Waals surface area contributed by atoms with E-state index in [1.54, 1.807) is 0 Å². The number of aryl methyl sites for hydroxylation is 1. The molecule has 21 heavy (non-hydrogen) atoms. The van der Waals surface area contributed by atoms with E-state index in [2.05, 4.69) is 67.8 Å². The summed E-state index contributed by atoms with van der Waals surface area (Å²) in [7, 11) is 0. The van der Waals surface area contributed by atoms with Gasteiger partial charge in [-0.15, -0.1) is 0 Å². The van der Waals surface area contributed by atoms with Gasteiger partial charge in [0.15, 0.2) is 0 Å². The zero-order valence-corrected chi connectivity index (χ0v) is 13.5. The quantitative estimate of drug-likeness (QED) is 0.583. The molecule has 110 valence electrons. The molecule has 1 nitrogen and oxygen atoms in total. The molecule has 0 saturated heterocycles. The molecule has 0 unspecified atom stereocenters. The topological polar surface area (TPSA) is 3.24 Å². The lowest BCUT2D eigenvalue weighted by molar-refractivity contribution is 1.09. The summed E-state index contributed by atoms with van der Waals surface area (Å²) in [6, 6.07) is 8.51. The standard InChI is InChI=1S/C20H25N/c1-6-9-14-18(5)21(19(11-7-2)12-8-3)20-15-10-13-17(4)16-20/h6-16H,2H2,1,3-5H3/b9-6-,12-8-,18-14+,19-11+. The van der Waals surface area contributed by atoms with Crippen molar-refractivity contribution in [3.8, 4) is 0 Å². The van der Waals surface area contributed by atoms with Gasteiger partial charge in [0, 0.05) is 17.1 Å². The first-order valence-corrected chi connectivity index (χ1v) is 7.25. The Hall–Kier alpha value is -2.28. The highest BCUT2D eigenvalue weighted by Crippen LogP contribution is 2.26. The number of benzene rings is 1. The van der Waals surface area contributed by atoms with E-state index in [1.807, 2.05) is 38.2 Å². The van der Waals surface area contributed by atoms with Crippen LogP contribution in [-0.2, 0) is 0 Å². The summed E-state index contributed by atoms with van der Waals surface area (Å²) in [5.74, 6) is 0. The minimum Gasteiger partial charge on any atom is -0.315 e. The molecule has 0 saturated carbocycles. The molecule has 1 heteroatoms. The highest BCUT2D eigenvalue weighted by Gasteiger charge is 2.11. The van der Waals surface area contributed by atoms with Crippen LogP contribution in [-0.4, -0.2) is 0 Å². The fourth-order valence-electron chi connectivity index (χ4n) is 2.13. The van der Waals surface area contributed by atoms with Gasteiger partial charge in [0.25, 0.3) is 0 Å². The van der Waals surface area contributed by atoms with Gasteiger partial charge >= 0.3 is 0 Å². The van der Waals surface area contributed by atoms with E-state index in [-0.39, 0.29) is 0 Å². The summed E-state index contributed by atoms with van der Waals surface area (Å²) in [6.07, 6.45) is 14.2. The average Bonchev–Trinajstić information content (AvgIpc) is 2.46. The molecule has 0 aliphatic carbocycles. The summed E-state index contributed by atoms with van der Waals surface area (Å²) in [5.41, 5.74) is 4.65. The maximum Gasteiger partial charge on any atom is 0.0460 e. The van der Waals surface area contributed by atoms with Gasteiger partial charge in [-0.05, 0) is 63.6 Å². The Morgan fingerprint density at radius 1 is 1.14 bits per heavy atom. The third kappa shape index (κ3) is 4.96. The molecule has 0 aliphatic heterocycles. The Balaban J connectivity index is 3.41. The Morgan fingerprint density at radius 2 is 1.90 bits per heavy atom. The summed E-state index contributed by atoms with van der Waals surface area (Å²) < 4.78 is 0. The Morgan fingerprint density at radius 3 is 2.48 bits per heavy atom. The predicted molar refractivity (Wildman–Crippen MR) is 95.3 cm³/mol. The molecule has 0 fully saturated rings. The van der Waals surface area contributed by atoms with Crippen molar-refractivity contribution in [2.45, 2.75) is 27.7 Å². The third-order valence-corrected chi connectivity index (χ3v) is 3.03. The van der Waals surface area contributed by atoms with Crippen LogP contribution in [0.1, 0.15) is 26.3 Å². The normalized spacial score (nSPS) is 13.1. The second-order valence-electron chi connectivity index (χ2n) is 4.84. The summed E-state index contributed by atoms with van der Waals surface area (Å²) in [4.78, 5) is 2.23. The van der Waals surface area contributed by atoms with Crippen LogP contribution < -0.4 is 4.90 Å². The van der Waals surface area contributed by atoms with Crippen LogP contribution in [0.25, 0.3) is 0 Å². The van der Waals surface area contributed by atoms with E-state index in [9.17, 15) is 0 Å². The van der Waals surface area contributed by atoms with E-state index in [1.165, 1.54) is 5.56 Å². The number of rotatable bonds is 6. The van der Waals surface area contributed by atoms with Crippen molar-refractivity contribution in [2.75, 3.05) is 4.90 Å². The van der Waals surface area contributed by atoms with E-state index in [0.717, 1.165) is 17.1 Å². The number of allylic oxidation sites excluding steroid dienone is 8. The molecule has 0 atom stereocenters. The number of nitrogens with zero attached hydrogens (tertiary/aromatic N) is 1. The predicted octanol–water partition coefficient (Wildman–Crippen LogP) is 5.93. The summed E-state index contributed by atoms with van der Waals surface area (Å²) in [5, 5.41) is 0. The van der Waals surface area contributed by atoms with E-state index < -0.39 is 0 Å². The van der Waals surface area contributed by atoms with Gasteiger partial charge in [-0.25, -0.2) is 0 Å². The molecule has 0 aliphatic rings. The maximum atomic E-state index is 3.83. The molecule has 1 aromatic carbocycles. The largest absolute Gasteiger partial charge is 0.315 e. The lowest BCUT2D eigenvalue weighted by Gasteiger charge is -2.27. The lowest BCUT2D eigenvalue weighted by atomic mass is 10.1. The fraction of sp³-hybridized carbons (Fsp3) is 0.200. The number of hydrogen-bond donors (Lipinski definition) is 0. The molecule has 1 rings (SSSR count). The molecule has 0 amide bonds. The van der Waals surface area contributed by atoms with Crippen LogP contribution in [0.2, 0.25) is 0 Å². The fourth-order valence-corrected chi connectivity index (χ4v) is 2.13. The van der Waals surface area contributed by atoms with Crippen molar-refractivity contribution in [3.63, 3.8) is 0 Å². The van der Waals surface area contributed by atoms with E-state index >= 15 is 0 Å². The average molecular weight is 279 g/mol. The number of hydrogen-bond acceptors (Lipinski definition) is 1. The van der Waals surface area contributed by atoms with Gasteiger partial charge in [-0.3, -0.25) is 0 Å². The zero-order chi connectivity index (χ0) is 15.7. The zero-order valence-electron chi connectivity index (χ0n) is 13.5. The van der Waals surface area contributed by atoms with Crippen LogP contribution in [0.3, 0.4) is 0 Å². The maximum absolute atomic E-state index is 3.83. The second kappa shape index (κ2) is 8.80. The number of anilines is 1. The van der Waals surface area contributed by atoms with Gasteiger partial charge in [-0.2, -0.15) is 0 Å². The highest BCUT2D eigenvalue weighted by molar-refractivity contribution is 5.61. The van der Waals surface area contributed by atoms with E-state index in [4.69, 9.17) is 0 Å². The molecule has 0 heterocycles. The van der Waals surface area contributed by atoms with Crippen molar-refractivity contribution in [1.29, 1.82) is 0 Å². The Labute approximate surface area is 129 Å². The molecule has 0 N–H and O–H groups in total. The van der Waals surface area contributed by atoms with Crippen molar-refractivity contribution >= 4 is 5.69 Å². The first kappa shape index (κ1) is 16.8. The lowest BCUT2D eigenvalue weighted by Crippen LogP contribution is -2.19. The SMILES string of the molecule is C=C/C=C(\C=C/C)N(/C(C)=C/C=C\C)c1cccc(C)c1. The van der Waals surface area contributed by atoms with Crippen LogP contribution in [0.5, 0.6) is 0 Å². The third-order valence-electron chi connectivity index (χ3n) is 3.03. The van der Waals surface area contributed by atoms with Crippen LogP contribution in [0, 0.1) is 6.92 Å². The van der Waals surface area contributed by atoms with Crippen molar-refractivity contribution in [1.82, 2.24) is 0 Å². The summed E-state index contributed by atoms with van der Waals surface area (Å²) in [6.45, 7) is 12.1. The van der Waals surface area contributed by atoms with Crippen LogP contribution in [0.4, 0.5) is 5.69 Å². The second-order valence-corrected chi connectivity index (χ2v) is 4.84. The highest BCUT2D eigenvalue weighted by atomic mass is 15.1. The first-order valence-electron chi connectivity index (χ1n) is 7.25. The van der Waals surface area contributed by atoms with Crippen molar-refractivity contribution < 1.29 is 0 Å². The van der Waals surface area contributed by atoms with Gasteiger partial charge in [0.2, 0.25) is 0 Å². The van der Waals surface area contributed by atoms with Gasteiger partial charge in [0.05, 0.1) is 0 Å². The molecule has 1 aromatic rings. The van der Waals surface area contributed by atoms with Gasteiger partial charge in [-0.1, -0.05) is 43.0 Å². The Kier molecular flexibility index (Phi) is 7.03. The molecular formula is C20H25N. The molecular weight excluding hydrogens is 254 g/mol. The van der Waals surface area contributed by atoms with Gasteiger partial charge < -0.3 is 4.90 Å². The van der Waals surface area contributed by atoms with Gasteiger partial charge in [0.1, 0.15) is 0 Å². The molecule has 0 bridgehead atoms. The van der Waals surface area contributed by atoms with Crippen molar-refractivity contribution in [3.05, 3.63) is 90.3 Å². The molecule has 0 radical (unpaired) electrons.